The average molecular weight is 419 g/mol. The SMILES string of the molecule is CC(=O)O[C@@H]1CC[C@@]2(C)C(CCC3C2CC[C@@]2(C)C3CC[C@@H]2[C@H](C)CCC(=O)O)C1. The van der Waals surface area contributed by atoms with Crippen molar-refractivity contribution in [1.29, 1.82) is 0 Å². The average Bonchev–Trinajstić information content (AvgIpc) is 3.03. The summed E-state index contributed by atoms with van der Waals surface area (Å²) in [6.07, 6.45) is 12.5. The molecule has 0 aromatic heterocycles. The van der Waals surface area contributed by atoms with E-state index in [0.717, 1.165) is 37.0 Å². The highest BCUT2D eigenvalue weighted by molar-refractivity contribution is 5.66. The standard InChI is InChI=1S/C26H42O4/c1-16(5-10-24(28)29)21-8-9-22-20-7-6-18-15-19(30-17(2)27)11-13-25(18,3)23(20)12-14-26(21,22)4/h16,18-23H,5-15H2,1-4H3,(H,28,29)/t16-,18?,19-,20?,21-,22?,23?,25+,26-/m1/s1. The van der Waals surface area contributed by atoms with Crippen LogP contribution in [-0.4, -0.2) is 23.1 Å². The van der Waals surface area contributed by atoms with E-state index in [-0.39, 0.29) is 12.1 Å². The van der Waals surface area contributed by atoms with Gasteiger partial charge in [0, 0.05) is 13.3 Å². The lowest BCUT2D eigenvalue weighted by atomic mass is 9.44. The van der Waals surface area contributed by atoms with Gasteiger partial charge in [-0.2, -0.15) is 0 Å². The number of carbonyl (C=O) groups excluding carboxylic acids is 1. The van der Waals surface area contributed by atoms with Crippen LogP contribution in [0.1, 0.15) is 98.3 Å². The van der Waals surface area contributed by atoms with Crippen LogP contribution in [0.2, 0.25) is 0 Å². The van der Waals surface area contributed by atoms with Crippen LogP contribution >= 0.6 is 0 Å². The first-order valence-corrected chi connectivity index (χ1v) is 12.5. The molecule has 30 heavy (non-hydrogen) atoms. The first kappa shape index (κ1) is 22.1. The number of aliphatic carboxylic acids is 1. The lowest BCUT2D eigenvalue weighted by Gasteiger charge is -2.61. The largest absolute Gasteiger partial charge is 0.481 e. The number of fused-ring (bicyclic) bond motifs is 5. The fraction of sp³-hybridized carbons (Fsp3) is 0.923. The molecule has 9 atom stereocenters. The number of carboxylic acids is 1. The molecule has 0 aliphatic heterocycles. The number of rotatable bonds is 5. The van der Waals surface area contributed by atoms with E-state index in [9.17, 15) is 9.59 Å². The summed E-state index contributed by atoms with van der Waals surface area (Å²) in [6.45, 7) is 8.96. The minimum Gasteiger partial charge on any atom is -0.481 e. The molecule has 4 heteroatoms. The summed E-state index contributed by atoms with van der Waals surface area (Å²) >= 11 is 0. The quantitative estimate of drug-likeness (QED) is 0.550. The van der Waals surface area contributed by atoms with E-state index < -0.39 is 5.97 Å². The van der Waals surface area contributed by atoms with E-state index in [1.165, 1.54) is 44.9 Å². The van der Waals surface area contributed by atoms with Crippen molar-refractivity contribution < 1.29 is 19.4 Å². The van der Waals surface area contributed by atoms with Gasteiger partial charge in [-0.25, -0.2) is 0 Å². The van der Waals surface area contributed by atoms with Crippen LogP contribution < -0.4 is 0 Å². The van der Waals surface area contributed by atoms with Crippen molar-refractivity contribution in [3.05, 3.63) is 0 Å². The normalized spacial score (nSPS) is 46.3. The summed E-state index contributed by atoms with van der Waals surface area (Å²) in [5.74, 6) is 3.60. The number of ether oxygens (including phenoxy) is 1. The molecule has 4 nitrogen and oxygen atoms in total. The van der Waals surface area contributed by atoms with E-state index in [0.29, 0.717) is 35.0 Å². The number of esters is 1. The first-order valence-electron chi connectivity index (χ1n) is 12.5. The van der Waals surface area contributed by atoms with Crippen LogP contribution in [0.3, 0.4) is 0 Å². The van der Waals surface area contributed by atoms with Gasteiger partial charge in [-0.15, -0.1) is 0 Å². The molecule has 1 N–H and O–H groups in total. The van der Waals surface area contributed by atoms with Crippen LogP contribution in [0.5, 0.6) is 0 Å². The molecule has 4 unspecified atom stereocenters. The van der Waals surface area contributed by atoms with Crippen molar-refractivity contribution in [1.82, 2.24) is 0 Å². The molecule has 4 aliphatic rings. The Hall–Kier alpha value is -1.06. The van der Waals surface area contributed by atoms with E-state index >= 15 is 0 Å². The van der Waals surface area contributed by atoms with Crippen molar-refractivity contribution in [2.75, 3.05) is 0 Å². The van der Waals surface area contributed by atoms with Gasteiger partial charge in [0.05, 0.1) is 0 Å². The maximum absolute atomic E-state index is 11.5. The second kappa shape index (κ2) is 8.13. The Bertz CT molecular complexity index is 674. The molecule has 4 saturated carbocycles. The van der Waals surface area contributed by atoms with Crippen LogP contribution in [0.4, 0.5) is 0 Å². The summed E-state index contributed by atoms with van der Waals surface area (Å²) in [5, 5.41) is 9.13. The minimum atomic E-state index is -0.652. The maximum atomic E-state index is 11.5. The molecule has 0 amide bonds. The Morgan fingerprint density at radius 3 is 2.40 bits per heavy atom. The molecular formula is C26H42O4. The second-order valence-corrected chi connectivity index (χ2v) is 11.8. The van der Waals surface area contributed by atoms with E-state index in [1.807, 2.05) is 0 Å². The molecule has 4 fully saturated rings. The van der Waals surface area contributed by atoms with Gasteiger partial charge in [0.2, 0.25) is 0 Å². The number of carboxylic acid groups (broad SMARTS) is 1. The van der Waals surface area contributed by atoms with Crippen molar-refractivity contribution in [2.45, 2.75) is 104 Å². The molecule has 0 saturated heterocycles. The highest BCUT2D eigenvalue weighted by Crippen LogP contribution is 2.68. The van der Waals surface area contributed by atoms with Gasteiger partial charge in [-0.05, 0) is 111 Å². The zero-order chi connectivity index (χ0) is 21.7. The van der Waals surface area contributed by atoms with Crippen LogP contribution in [-0.2, 0) is 14.3 Å². The Balaban J connectivity index is 1.47. The second-order valence-electron chi connectivity index (χ2n) is 11.8. The Kier molecular flexibility index (Phi) is 6.00. The predicted molar refractivity (Wildman–Crippen MR) is 117 cm³/mol. The van der Waals surface area contributed by atoms with Crippen molar-refractivity contribution >= 4 is 11.9 Å². The summed E-state index contributed by atoms with van der Waals surface area (Å²) in [6, 6.07) is 0. The van der Waals surface area contributed by atoms with Gasteiger partial charge in [0.25, 0.3) is 0 Å². The maximum Gasteiger partial charge on any atom is 0.303 e. The van der Waals surface area contributed by atoms with Gasteiger partial charge >= 0.3 is 11.9 Å². The van der Waals surface area contributed by atoms with E-state index in [4.69, 9.17) is 9.84 Å². The Morgan fingerprint density at radius 2 is 1.70 bits per heavy atom. The molecule has 0 bridgehead atoms. The van der Waals surface area contributed by atoms with Crippen molar-refractivity contribution in [3.63, 3.8) is 0 Å². The van der Waals surface area contributed by atoms with Gasteiger partial charge < -0.3 is 9.84 Å². The topological polar surface area (TPSA) is 63.6 Å². The van der Waals surface area contributed by atoms with Crippen molar-refractivity contribution in [2.24, 2.45) is 46.3 Å². The molecule has 0 aromatic rings. The number of carbonyl (C=O) groups is 2. The molecule has 0 aromatic carbocycles. The zero-order valence-corrected chi connectivity index (χ0v) is 19.5. The van der Waals surface area contributed by atoms with Crippen LogP contribution in [0, 0.1) is 46.3 Å². The van der Waals surface area contributed by atoms with Crippen LogP contribution in [0.25, 0.3) is 0 Å². The minimum absolute atomic E-state index is 0.125. The van der Waals surface area contributed by atoms with Gasteiger partial charge in [0.15, 0.2) is 0 Å². The summed E-state index contributed by atoms with van der Waals surface area (Å²) in [7, 11) is 0. The Labute approximate surface area is 182 Å². The molecule has 0 radical (unpaired) electrons. The summed E-state index contributed by atoms with van der Waals surface area (Å²) in [5.41, 5.74) is 0.811. The molecule has 0 spiro atoms. The molecule has 170 valence electrons. The summed E-state index contributed by atoms with van der Waals surface area (Å²) in [4.78, 5) is 22.5. The zero-order valence-electron chi connectivity index (χ0n) is 19.5. The number of hydrogen-bond acceptors (Lipinski definition) is 3. The van der Waals surface area contributed by atoms with Crippen molar-refractivity contribution in [3.8, 4) is 0 Å². The van der Waals surface area contributed by atoms with E-state index in [1.54, 1.807) is 6.92 Å². The third-order valence-electron chi connectivity index (χ3n) is 10.5. The first-order chi connectivity index (χ1) is 14.1. The van der Waals surface area contributed by atoms with Crippen LogP contribution in [0.15, 0.2) is 0 Å². The highest BCUT2D eigenvalue weighted by atomic mass is 16.5. The molecule has 4 rings (SSSR count). The van der Waals surface area contributed by atoms with E-state index in [2.05, 4.69) is 20.8 Å². The monoisotopic (exact) mass is 418 g/mol. The Morgan fingerprint density at radius 1 is 1.00 bits per heavy atom. The van der Waals surface area contributed by atoms with Gasteiger partial charge in [-0.3, -0.25) is 9.59 Å². The third kappa shape index (κ3) is 3.71. The lowest BCUT2D eigenvalue weighted by molar-refractivity contribution is -0.160. The smallest absolute Gasteiger partial charge is 0.303 e. The summed E-state index contributed by atoms with van der Waals surface area (Å²) < 4.78 is 5.61. The molecular weight excluding hydrogens is 376 g/mol. The van der Waals surface area contributed by atoms with Gasteiger partial charge in [0.1, 0.15) is 6.10 Å². The fourth-order valence-electron chi connectivity index (χ4n) is 9.09. The molecule has 0 heterocycles. The molecule has 4 aliphatic carbocycles. The predicted octanol–water partition coefficient (Wildman–Crippen LogP) is 6.08. The van der Waals surface area contributed by atoms with Gasteiger partial charge in [-0.1, -0.05) is 20.8 Å². The number of hydrogen-bond donors (Lipinski definition) is 1. The third-order valence-corrected chi connectivity index (χ3v) is 10.5. The highest BCUT2D eigenvalue weighted by Gasteiger charge is 2.60. The lowest BCUT2D eigenvalue weighted by Crippen LogP contribution is -2.54. The fourth-order valence-corrected chi connectivity index (χ4v) is 9.09.